The van der Waals surface area contributed by atoms with Gasteiger partial charge in [0.25, 0.3) is 5.91 Å². The Labute approximate surface area is 185 Å². The number of aromatic nitrogens is 2. The zero-order chi connectivity index (χ0) is 22.2. The number of carbonyl (C=O) groups excluding carboxylic acids is 2. The summed E-state index contributed by atoms with van der Waals surface area (Å²) in [6, 6.07) is 18.8. The molecule has 7 nitrogen and oxygen atoms in total. The summed E-state index contributed by atoms with van der Waals surface area (Å²) in [5.41, 5.74) is 1.20. The number of thioether (sulfide) groups is 1. The largest absolute Gasteiger partial charge is 0.481 e. The number of nitrogens with one attached hydrogen (secondary N) is 1. The molecule has 162 valence electrons. The van der Waals surface area contributed by atoms with E-state index in [0.29, 0.717) is 17.5 Å². The molecular weight excluding hydrogens is 414 g/mol. The predicted molar refractivity (Wildman–Crippen MR) is 121 cm³/mol. The Morgan fingerprint density at radius 3 is 2.35 bits per heavy atom. The summed E-state index contributed by atoms with van der Waals surface area (Å²) in [5.74, 6) is -0.216. The first-order valence-corrected chi connectivity index (χ1v) is 11.1. The van der Waals surface area contributed by atoms with E-state index < -0.39 is 18.0 Å². The van der Waals surface area contributed by atoms with Crippen molar-refractivity contribution >= 4 is 29.5 Å². The molecule has 1 heterocycles. The smallest absolute Gasteiger partial charge is 0.358 e. The summed E-state index contributed by atoms with van der Waals surface area (Å²) in [5, 5.41) is 3.34. The molecule has 2 aromatic carbocycles. The zero-order valence-corrected chi connectivity index (χ0v) is 18.5. The van der Waals surface area contributed by atoms with Crippen molar-refractivity contribution in [3.63, 3.8) is 0 Å². The van der Waals surface area contributed by atoms with Gasteiger partial charge in [-0.2, -0.15) is 0 Å². The second kappa shape index (κ2) is 10.7. The van der Waals surface area contributed by atoms with Gasteiger partial charge in [-0.25, -0.2) is 9.78 Å². The third-order valence-electron chi connectivity index (χ3n) is 4.43. The van der Waals surface area contributed by atoms with Crippen LogP contribution in [0.2, 0.25) is 0 Å². The van der Waals surface area contributed by atoms with E-state index in [1.165, 1.54) is 11.8 Å². The monoisotopic (exact) mass is 439 g/mol. The summed E-state index contributed by atoms with van der Waals surface area (Å²) in [6.07, 6.45) is 1.08. The third kappa shape index (κ3) is 5.67. The number of hydrogen-bond acceptors (Lipinski definition) is 6. The van der Waals surface area contributed by atoms with Crippen LogP contribution < -0.4 is 10.1 Å². The van der Waals surface area contributed by atoms with Gasteiger partial charge in [0.05, 0.1) is 13.2 Å². The SMILES string of the molecule is CCOC(=O)c1c(NC(=O)C(C)Oc2ccccc2)nc(SC)n1Cc1ccccc1. The summed E-state index contributed by atoms with van der Waals surface area (Å²) < 4.78 is 12.7. The Morgan fingerprint density at radius 1 is 1.10 bits per heavy atom. The average Bonchev–Trinajstić information content (AvgIpc) is 3.12. The van der Waals surface area contributed by atoms with Crippen LogP contribution in [0.5, 0.6) is 5.75 Å². The number of carbonyl (C=O) groups is 2. The standard InChI is InChI=1S/C23H25N3O4S/c1-4-29-22(28)19-20(24-21(27)16(2)30-18-13-9-6-10-14-18)25-23(31-3)26(19)15-17-11-7-5-8-12-17/h5-14,16H,4,15H2,1-3H3,(H,24,27). The first-order valence-electron chi connectivity index (χ1n) is 9.91. The van der Waals surface area contributed by atoms with Gasteiger partial charge in [0.2, 0.25) is 0 Å². The van der Waals surface area contributed by atoms with Gasteiger partial charge in [0, 0.05) is 0 Å². The lowest BCUT2D eigenvalue weighted by atomic mass is 10.2. The van der Waals surface area contributed by atoms with Gasteiger partial charge in [-0.15, -0.1) is 0 Å². The minimum absolute atomic E-state index is 0.159. The van der Waals surface area contributed by atoms with Crippen LogP contribution in [-0.4, -0.2) is 40.4 Å². The van der Waals surface area contributed by atoms with E-state index in [1.54, 1.807) is 30.5 Å². The molecule has 0 aliphatic carbocycles. The number of ether oxygens (including phenoxy) is 2. The van der Waals surface area contributed by atoms with E-state index in [4.69, 9.17) is 9.47 Å². The molecule has 0 saturated heterocycles. The highest BCUT2D eigenvalue weighted by atomic mass is 32.2. The van der Waals surface area contributed by atoms with Crippen LogP contribution in [0.25, 0.3) is 0 Å². The number of rotatable bonds is 9. The molecular formula is C23H25N3O4S. The van der Waals surface area contributed by atoms with Crippen molar-refractivity contribution in [3.05, 3.63) is 71.9 Å². The van der Waals surface area contributed by atoms with Crippen LogP contribution in [0.1, 0.15) is 29.9 Å². The fraction of sp³-hybridized carbons (Fsp3) is 0.261. The number of benzene rings is 2. The van der Waals surface area contributed by atoms with E-state index in [-0.39, 0.29) is 18.1 Å². The fourth-order valence-corrected chi connectivity index (χ4v) is 3.53. The molecule has 0 radical (unpaired) electrons. The number of nitrogens with zero attached hydrogens (tertiary/aromatic N) is 2. The van der Waals surface area contributed by atoms with Crippen molar-refractivity contribution in [1.29, 1.82) is 0 Å². The molecule has 1 unspecified atom stereocenters. The normalized spacial score (nSPS) is 11.6. The van der Waals surface area contributed by atoms with Crippen LogP contribution in [0.3, 0.4) is 0 Å². The highest BCUT2D eigenvalue weighted by Crippen LogP contribution is 2.26. The highest BCUT2D eigenvalue weighted by molar-refractivity contribution is 7.98. The molecule has 0 bridgehead atoms. The average molecular weight is 440 g/mol. The molecule has 8 heteroatoms. The van der Waals surface area contributed by atoms with Crippen LogP contribution in [0, 0.1) is 0 Å². The molecule has 0 fully saturated rings. The van der Waals surface area contributed by atoms with Crippen molar-refractivity contribution in [2.24, 2.45) is 0 Å². The lowest BCUT2D eigenvalue weighted by Crippen LogP contribution is -2.31. The number of hydrogen-bond donors (Lipinski definition) is 1. The summed E-state index contributed by atoms with van der Waals surface area (Å²) in [6.45, 7) is 4.01. The molecule has 3 rings (SSSR count). The second-order valence-electron chi connectivity index (χ2n) is 6.65. The van der Waals surface area contributed by atoms with E-state index in [9.17, 15) is 9.59 Å². The molecule has 1 N–H and O–H groups in total. The topological polar surface area (TPSA) is 82.4 Å². The summed E-state index contributed by atoms with van der Waals surface area (Å²) in [7, 11) is 0. The number of imidazole rings is 1. The lowest BCUT2D eigenvalue weighted by Gasteiger charge is -2.15. The maximum absolute atomic E-state index is 12.8. The number of amides is 1. The van der Waals surface area contributed by atoms with Gasteiger partial charge in [0.15, 0.2) is 22.8 Å². The molecule has 0 saturated carbocycles. The Bertz CT molecular complexity index is 1020. The van der Waals surface area contributed by atoms with Gasteiger partial charge in [-0.1, -0.05) is 60.3 Å². The Hall–Kier alpha value is -3.26. The molecule has 0 spiro atoms. The maximum Gasteiger partial charge on any atom is 0.358 e. The molecule has 0 aliphatic rings. The van der Waals surface area contributed by atoms with Crippen molar-refractivity contribution < 1.29 is 19.1 Å². The van der Waals surface area contributed by atoms with Crippen LogP contribution in [0.15, 0.2) is 65.8 Å². The van der Waals surface area contributed by atoms with Gasteiger partial charge in [-0.3, -0.25) is 4.79 Å². The van der Waals surface area contributed by atoms with E-state index in [1.807, 2.05) is 54.8 Å². The Balaban J connectivity index is 1.89. The number of anilines is 1. The van der Waals surface area contributed by atoms with Crippen LogP contribution in [0.4, 0.5) is 5.82 Å². The van der Waals surface area contributed by atoms with Crippen molar-refractivity contribution in [2.75, 3.05) is 18.2 Å². The first kappa shape index (κ1) is 22.4. The van der Waals surface area contributed by atoms with Gasteiger partial charge >= 0.3 is 5.97 Å². The van der Waals surface area contributed by atoms with Gasteiger partial charge in [0.1, 0.15) is 5.75 Å². The van der Waals surface area contributed by atoms with Gasteiger partial charge < -0.3 is 19.4 Å². The minimum Gasteiger partial charge on any atom is -0.481 e. The third-order valence-corrected chi connectivity index (χ3v) is 5.11. The van der Waals surface area contributed by atoms with Gasteiger partial charge in [-0.05, 0) is 37.8 Å². The number of para-hydroxylation sites is 1. The van der Waals surface area contributed by atoms with E-state index in [2.05, 4.69) is 10.3 Å². The fourth-order valence-electron chi connectivity index (χ4n) is 2.97. The molecule has 1 atom stereocenters. The highest BCUT2D eigenvalue weighted by Gasteiger charge is 2.27. The minimum atomic E-state index is -0.783. The second-order valence-corrected chi connectivity index (χ2v) is 7.42. The van der Waals surface area contributed by atoms with Crippen molar-refractivity contribution in [1.82, 2.24) is 9.55 Å². The molecule has 1 amide bonds. The van der Waals surface area contributed by atoms with Crippen LogP contribution >= 0.6 is 11.8 Å². The summed E-state index contributed by atoms with van der Waals surface area (Å²) >= 11 is 1.38. The lowest BCUT2D eigenvalue weighted by molar-refractivity contribution is -0.122. The first-order chi connectivity index (χ1) is 15.0. The molecule has 1 aromatic heterocycles. The van der Waals surface area contributed by atoms with Crippen molar-refractivity contribution in [3.8, 4) is 5.75 Å². The molecule has 3 aromatic rings. The molecule has 0 aliphatic heterocycles. The Morgan fingerprint density at radius 2 is 1.74 bits per heavy atom. The maximum atomic E-state index is 12.8. The Kier molecular flexibility index (Phi) is 7.72. The summed E-state index contributed by atoms with van der Waals surface area (Å²) in [4.78, 5) is 30.0. The quantitative estimate of drug-likeness (QED) is 0.397. The van der Waals surface area contributed by atoms with Crippen LogP contribution in [-0.2, 0) is 16.1 Å². The zero-order valence-electron chi connectivity index (χ0n) is 17.7. The molecule has 31 heavy (non-hydrogen) atoms. The van der Waals surface area contributed by atoms with Crippen molar-refractivity contribution in [2.45, 2.75) is 31.7 Å². The predicted octanol–water partition coefficient (Wildman–Crippen LogP) is 4.24. The van der Waals surface area contributed by atoms with E-state index in [0.717, 1.165) is 5.56 Å². The number of esters is 1. The van der Waals surface area contributed by atoms with E-state index >= 15 is 0 Å².